The van der Waals surface area contributed by atoms with E-state index in [1.807, 2.05) is 0 Å². The van der Waals surface area contributed by atoms with Crippen LogP contribution in [-0.2, 0) is 0 Å². The normalized spacial score (nSPS) is 11.9. The highest BCUT2D eigenvalue weighted by Crippen LogP contribution is 2.15. The van der Waals surface area contributed by atoms with Crippen molar-refractivity contribution in [2.75, 3.05) is 6.54 Å². The summed E-state index contributed by atoms with van der Waals surface area (Å²) in [5.41, 5.74) is 5.97. The molecule has 2 nitrogen and oxygen atoms in total. The Morgan fingerprint density at radius 2 is 1.85 bits per heavy atom. The van der Waals surface area contributed by atoms with Gasteiger partial charge in [0.1, 0.15) is 5.82 Å². The zero-order valence-corrected chi connectivity index (χ0v) is 7.93. The Hall–Kier alpha value is -0.640. The number of hydrogen-bond donors (Lipinski definition) is 2. The molecule has 0 aliphatic heterocycles. The van der Waals surface area contributed by atoms with Crippen molar-refractivity contribution < 1.29 is 9.50 Å². The third kappa shape index (κ3) is 3.72. The van der Waals surface area contributed by atoms with E-state index < -0.39 is 6.10 Å². The van der Waals surface area contributed by atoms with E-state index in [9.17, 15) is 9.50 Å². The van der Waals surface area contributed by atoms with Crippen molar-refractivity contribution in [3.05, 3.63) is 35.6 Å². The zero-order valence-electron chi connectivity index (χ0n) is 7.11. The zero-order chi connectivity index (χ0) is 8.97. The summed E-state index contributed by atoms with van der Waals surface area (Å²) >= 11 is 0. The summed E-state index contributed by atoms with van der Waals surface area (Å²) in [6.07, 6.45) is -0.0679. The lowest BCUT2D eigenvalue weighted by Gasteiger charge is -2.08. The van der Waals surface area contributed by atoms with E-state index in [1.54, 1.807) is 12.1 Å². The van der Waals surface area contributed by atoms with E-state index in [1.165, 1.54) is 12.1 Å². The summed E-state index contributed by atoms with van der Waals surface area (Å²) in [5.74, 6) is -0.293. The van der Waals surface area contributed by atoms with Crippen LogP contribution in [0.2, 0.25) is 0 Å². The first-order valence-electron chi connectivity index (χ1n) is 3.87. The van der Waals surface area contributed by atoms with Crippen molar-refractivity contribution in [1.29, 1.82) is 0 Å². The van der Waals surface area contributed by atoms with E-state index in [2.05, 4.69) is 0 Å². The number of benzene rings is 1. The van der Waals surface area contributed by atoms with Crippen molar-refractivity contribution in [1.82, 2.24) is 0 Å². The average molecular weight is 206 g/mol. The van der Waals surface area contributed by atoms with Gasteiger partial charge >= 0.3 is 0 Å². The second kappa shape index (κ2) is 5.91. The quantitative estimate of drug-likeness (QED) is 0.788. The Balaban J connectivity index is 0.00000144. The third-order valence-electron chi connectivity index (χ3n) is 1.69. The molecular weight excluding hydrogens is 193 g/mol. The average Bonchev–Trinajstić information content (AvgIpc) is 2.06. The highest BCUT2D eigenvalue weighted by molar-refractivity contribution is 5.85. The molecule has 0 heterocycles. The van der Waals surface area contributed by atoms with Crippen LogP contribution in [0.15, 0.2) is 24.3 Å². The number of hydrogen-bond acceptors (Lipinski definition) is 2. The fourth-order valence-corrected chi connectivity index (χ4v) is 1.01. The number of aliphatic hydroxyl groups excluding tert-OH is 1. The topological polar surface area (TPSA) is 46.2 Å². The lowest BCUT2D eigenvalue weighted by atomic mass is 10.1. The van der Waals surface area contributed by atoms with E-state index in [0.717, 1.165) is 0 Å². The van der Waals surface area contributed by atoms with Gasteiger partial charge in [-0.1, -0.05) is 12.1 Å². The maximum Gasteiger partial charge on any atom is 0.123 e. The fraction of sp³-hybridized carbons (Fsp3) is 0.333. The molecular formula is C9H13ClFNO. The number of halogens is 2. The predicted octanol–water partition coefficient (Wildman–Crippen LogP) is 1.63. The number of nitrogens with two attached hydrogens (primary N) is 1. The molecule has 0 spiro atoms. The number of aliphatic hydroxyl groups is 1. The molecule has 4 heteroatoms. The number of rotatable bonds is 3. The molecule has 0 aliphatic carbocycles. The van der Waals surface area contributed by atoms with Crippen LogP contribution in [0.4, 0.5) is 4.39 Å². The summed E-state index contributed by atoms with van der Waals surface area (Å²) < 4.78 is 12.4. The van der Waals surface area contributed by atoms with Crippen molar-refractivity contribution in [2.24, 2.45) is 5.73 Å². The smallest absolute Gasteiger partial charge is 0.123 e. The van der Waals surface area contributed by atoms with Gasteiger partial charge in [0.25, 0.3) is 0 Å². The minimum Gasteiger partial charge on any atom is -0.388 e. The molecule has 0 bridgehead atoms. The molecule has 3 N–H and O–H groups in total. The van der Waals surface area contributed by atoms with E-state index in [4.69, 9.17) is 5.73 Å². The Morgan fingerprint density at radius 3 is 2.31 bits per heavy atom. The monoisotopic (exact) mass is 205 g/mol. The maximum atomic E-state index is 12.4. The van der Waals surface area contributed by atoms with Crippen LogP contribution in [-0.4, -0.2) is 11.7 Å². The van der Waals surface area contributed by atoms with Gasteiger partial charge in [0.15, 0.2) is 0 Å². The Kier molecular flexibility index (Phi) is 5.62. The second-order valence-electron chi connectivity index (χ2n) is 2.64. The van der Waals surface area contributed by atoms with Crippen LogP contribution in [0.5, 0.6) is 0 Å². The van der Waals surface area contributed by atoms with Gasteiger partial charge in [-0.3, -0.25) is 0 Å². The summed E-state index contributed by atoms with van der Waals surface area (Å²) in [7, 11) is 0. The lowest BCUT2D eigenvalue weighted by molar-refractivity contribution is 0.170. The highest BCUT2D eigenvalue weighted by atomic mass is 35.5. The van der Waals surface area contributed by atoms with Gasteiger partial charge in [0.2, 0.25) is 0 Å². The third-order valence-corrected chi connectivity index (χ3v) is 1.69. The van der Waals surface area contributed by atoms with Gasteiger partial charge in [-0.25, -0.2) is 4.39 Å². The van der Waals surface area contributed by atoms with Crippen LogP contribution in [0.25, 0.3) is 0 Å². The minimum atomic E-state index is -0.574. The van der Waals surface area contributed by atoms with Gasteiger partial charge in [-0.2, -0.15) is 0 Å². The minimum absolute atomic E-state index is 0. The molecule has 13 heavy (non-hydrogen) atoms. The standard InChI is InChI=1S/C9H12FNO.ClH/c10-8-3-1-7(2-4-8)9(12)5-6-11;/h1-4,9,12H,5-6,11H2;1H. The molecule has 0 radical (unpaired) electrons. The first-order valence-corrected chi connectivity index (χ1v) is 3.87. The van der Waals surface area contributed by atoms with E-state index >= 15 is 0 Å². The van der Waals surface area contributed by atoms with Crippen LogP contribution in [0.1, 0.15) is 18.1 Å². The SMILES string of the molecule is Cl.NCCC(O)c1ccc(F)cc1. The summed E-state index contributed by atoms with van der Waals surface area (Å²) in [6, 6.07) is 5.79. The molecule has 1 aromatic carbocycles. The molecule has 0 saturated carbocycles. The highest BCUT2D eigenvalue weighted by Gasteiger charge is 2.04. The second-order valence-corrected chi connectivity index (χ2v) is 2.64. The molecule has 0 amide bonds. The van der Waals surface area contributed by atoms with Gasteiger partial charge < -0.3 is 10.8 Å². The van der Waals surface area contributed by atoms with Gasteiger partial charge in [-0.05, 0) is 30.7 Å². The Labute approximate surface area is 83.0 Å². The first-order chi connectivity index (χ1) is 5.74. The molecule has 1 rings (SSSR count). The summed E-state index contributed by atoms with van der Waals surface area (Å²) in [4.78, 5) is 0. The summed E-state index contributed by atoms with van der Waals surface area (Å²) in [5, 5.41) is 9.41. The van der Waals surface area contributed by atoms with Crippen LogP contribution in [0, 0.1) is 5.82 Å². The van der Waals surface area contributed by atoms with Crippen molar-refractivity contribution >= 4 is 12.4 Å². The van der Waals surface area contributed by atoms with Gasteiger partial charge in [0.05, 0.1) is 6.10 Å². The first kappa shape index (κ1) is 12.4. The van der Waals surface area contributed by atoms with Crippen LogP contribution < -0.4 is 5.73 Å². The molecule has 0 aromatic heterocycles. The Bertz CT molecular complexity index is 240. The Morgan fingerprint density at radius 1 is 1.31 bits per heavy atom. The maximum absolute atomic E-state index is 12.4. The van der Waals surface area contributed by atoms with Crippen molar-refractivity contribution in [3.63, 3.8) is 0 Å². The van der Waals surface area contributed by atoms with Gasteiger partial charge in [0, 0.05) is 0 Å². The van der Waals surface area contributed by atoms with Crippen molar-refractivity contribution in [2.45, 2.75) is 12.5 Å². The van der Waals surface area contributed by atoms with Gasteiger partial charge in [-0.15, -0.1) is 12.4 Å². The van der Waals surface area contributed by atoms with Crippen molar-refractivity contribution in [3.8, 4) is 0 Å². The molecule has 0 fully saturated rings. The molecule has 0 saturated heterocycles. The van der Waals surface area contributed by atoms with E-state index in [-0.39, 0.29) is 18.2 Å². The van der Waals surface area contributed by atoms with E-state index in [0.29, 0.717) is 18.5 Å². The lowest BCUT2D eigenvalue weighted by Crippen LogP contribution is -2.06. The molecule has 1 aromatic rings. The summed E-state index contributed by atoms with van der Waals surface area (Å²) in [6.45, 7) is 0.429. The molecule has 1 unspecified atom stereocenters. The fourth-order valence-electron chi connectivity index (χ4n) is 1.01. The van der Waals surface area contributed by atoms with Crippen LogP contribution >= 0.6 is 12.4 Å². The van der Waals surface area contributed by atoms with Crippen LogP contribution in [0.3, 0.4) is 0 Å². The molecule has 74 valence electrons. The predicted molar refractivity (Wildman–Crippen MR) is 52.3 cm³/mol. The molecule has 1 atom stereocenters. The molecule has 0 aliphatic rings. The largest absolute Gasteiger partial charge is 0.388 e.